The van der Waals surface area contributed by atoms with Gasteiger partial charge in [0.05, 0.1) is 28.6 Å². The van der Waals surface area contributed by atoms with E-state index in [4.69, 9.17) is 0 Å². The number of nitrogens with zero attached hydrogens (tertiary/aromatic N) is 1. The number of nitrogens with one attached hydrogen (secondary N) is 1. The van der Waals surface area contributed by atoms with Gasteiger partial charge in [-0.15, -0.1) is 0 Å². The number of allylic oxidation sites excluding steroid dienone is 2. The molecule has 1 aliphatic heterocycles. The first-order chi connectivity index (χ1) is 22.4. The number of halogens is 16. The van der Waals surface area contributed by atoms with Gasteiger partial charge in [-0.25, -0.2) is 9.59 Å². The van der Waals surface area contributed by atoms with Crippen LogP contribution in [0.5, 0.6) is 0 Å². The molecular formula is C26H20F16N2O6. The summed E-state index contributed by atoms with van der Waals surface area (Å²) in [5.41, 5.74) is -3.19. The number of nitro benzene ring substituents is 1. The zero-order valence-corrected chi connectivity index (χ0v) is 24.7. The Morgan fingerprint density at radius 2 is 1.24 bits per heavy atom. The number of rotatable bonds is 13. The highest BCUT2D eigenvalue weighted by molar-refractivity contribution is 6.00. The Bertz CT molecular complexity index is 1550. The molecule has 1 heterocycles. The van der Waals surface area contributed by atoms with E-state index in [1.807, 2.05) is 0 Å². The monoisotopic (exact) mass is 760 g/mol. The highest BCUT2D eigenvalue weighted by atomic mass is 19.4. The molecule has 0 saturated carbocycles. The summed E-state index contributed by atoms with van der Waals surface area (Å²) in [7, 11) is 0. The Morgan fingerprint density at radius 3 is 1.70 bits per heavy atom. The Balaban J connectivity index is 2.39. The Hall–Kier alpha value is -4.28. The molecule has 282 valence electrons. The number of carbonyl (C=O) groups is 2. The molecular weight excluding hydrogens is 740 g/mol. The van der Waals surface area contributed by atoms with Gasteiger partial charge in [0.15, 0.2) is 6.61 Å². The lowest BCUT2D eigenvalue weighted by molar-refractivity contribution is -0.440. The number of alkyl halides is 16. The number of esters is 2. The van der Waals surface area contributed by atoms with Crippen LogP contribution in [0.1, 0.15) is 38.2 Å². The van der Waals surface area contributed by atoms with Crippen LogP contribution >= 0.6 is 0 Å². The van der Waals surface area contributed by atoms with Crippen molar-refractivity contribution in [3.05, 3.63) is 62.5 Å². The predicted octanol–water partition coefficient (Wildman–Crippen LogP) is 8.00. The van der Waals surface area contributed by atoms with Crippen molar-refractivity contribution in [3.8, 4) is 0 Å². The van der Waals surface area contributed by atoms with Crippen molar-refractivity contribution in [2.75, 3.05) is 13.2 Å². The van der Waals surface area contributed by atoms with Crippen LogP contribution < -0.4 is 5.32 Å². The van der Waals surface area contributed by atoms with Crippen LogP contribution in [0.2, 0.25) is 0 Å². The molecule has 1 unspecified atom stereocenters. The quantitative estimate of drug-likeness (QED) is 0.0714. The van der Waals surface area contributed by atoms with Crippen molar-refractivity contribution in [3.63, 3.8) is 0 Å². The smallest absolute Gasteiger partial charge is 0.460 e. The van der Waals surface area contributed by atoms with Crippen molar-refractivity contribution in [2.24, 2.45) is 0 Å². The lowest BCUT2D eigenvalue weighted by Gasteiger charge is -2.39. The first-order valence-electron chi connectivity index (χ1n) is 13.2. The van der Waals surface area contributed by atoms with E-state index >= 15 is 0 Å². The number of hydrogen-bond donors (Lipinski definition) is 1. The summed E-state index contributed by atoms with van der Waals surface area (Å²) in [6.45, 7) is -1.53. The molecule has 0 saturated heterocycles. The fraction of sp³-hybridized carbons (Fsp3) is 0.538. The largest absolute Gasteiger partial charge is 0.462 e. The van der Waals surface area contributed by atoms with Gasteiger partial charge in [0.25, 0.3) is 5.69 Å². The third-order valence-corrected chi connectivity index (χ3v) is 6.85. The molecule has 1 N–H and O–H groups in total. The molecule has 0 spiro atoms. The minimum Gasteiger partial charge on any atom is -0.462 e. The highest BCUT2D eigenvalue weighted by Gasteiger charge is 2.90. The summed E-state index contributed by atoms with van der Waals surface area (Å²) < 4.78 is 221. The van der Waals surface area contributed by atoms with E-state index < -0.39 is 108 Å². The Kier molecular flexibility index (Phi) is 11.6. The molecule has 50 heavy (non-hydrogen) atoms. The molecule has 1 atom stereocenters. The average Bonchev–Trinajstić information content (AvgIpc) is 2.96. The number of hydrogen-bond acceptors (Lipinski definition) is 7. The summed E-state index contributed by atoms with van der Waals surface area (Å²) in [5, 5.41) is 13.7. The van der Waals surface area contributed by atoms with Crippen molar-refractivity contribution < 1.29 is 94.2 Å². The summed E-state index contributed by atoms with van der Waals surface area (Å²) in [4.78, 5) is 36.2. The molecule has 8 nitrogen and oxygen atoms in total. The average molecular weight is 760 g/mol. The molecule has 24 heteroatoms. The summed E-state index contributed by atoms with van der Waals surface area (Å²) in [6.07, 6.45) is -17.1. The van der Waals surface area contributed by atoms with Crippen molar-refractivity contribution in [2.45, 2.75) is 74.6 Å². The third kappa shape index (κ3) is 7.87. The number of nitro groups is 1. The van der Waals surface area contributed by atoms with Crippen LogP contribution in [-0.4, -0.2) is 72.0 Å². The van der Waals surface area contributed by atoms with Crippen LogP contribution in [0.4, 0.5) is 75.9 Å². The highest BCUT2D eigenvalue weighted by Crippen LogP contribution is 2.60. The topological polar surface area (TPSA) is 108 Å². The molecule has 0 radical (unpaired) electrons. The van der Waals surface area contributed by atoms with Crippen LogP contribution in [0.15, 0.2) is 46.8 Å². The first kappa shape index (κ1) is 41.9. The van der Waals surface area contributed by atoms with Gasteiger partial charge in [0, 0.05) is 29.9 Å². The van der Waals surface area contributed by atoms with E-state index in [-0.39, 0.29) is 17.0 Å². The summed E-state index contributed by atoms with van der Waals surface area (Å²) in [6, 6.07) is 3.71. The second kappa shape index (κ2) is 13.8. The van der Waals surface area contributed by atoms with E-state index in [9.17, 15) is 90.0 Å². The van der Waals surface area contributed by atoms with Crippen molar-refractivity contribution in [1.82, 2.24) is 5.32 Å². The molecule has 0 aromatic heterocycles. The first-order valence-corrected chi connectivity index (χ1v) is 13.2. The van der Waals surface area contributed by atoms with Gasteiger partial charge in [-0.2, -0.15) is 70.2 Å². The van der Waals surface area contributed by atoms with Gasteiger partial charge in [-0.3, -0.25) is 10.1 Å². The maximum absolute atomic E-state index is 14.1. The molecule has 1 aromatic rings. The summed E-state index contributed by atoms with van der Waals surface area (Å²) in [5.74, 6) is -43.4. The van der Waals surface area contributed by atoms with Crippen LogP contribution in [0.25, 0.3) is 0 Å². The maximum Gasteiger partial charge on any atom is 0.460 e. The second-order valence-corrected chi connectivity index (χ2v) is 10.4. The minimum atomic E-state index is -8.11. The number of ether oxygens (including phenoxy) is 2. The van der Waals surface area contributed by atoms with E-state index in [1.54, 1.807) is 0 Å². The zero-order valence-electron chi connectivity index (χ0n) is 24.7. The number of dihydropyridines is 1. The van der Waals surface area contributed by atoms with E-state index in [0.717, 1.165) is 38.1 Å². The lowest BCUT2D eigenvalue weighted by Crippen LogP contribution is -2.70. The predicted molar refractivity (Wildman–Crippen MR) is 132 cm³/mol. The van der Waals surface area contributed by atoms with E-state index in [1.165, 1.54) is 0 Å². The summed E-state index contributed by atoms with van der Waals surface area (Å²) >= 11 is 0. The van der Waals surface area contributed by atoms with Gasteiger partial charge >= 0.3 is 53.9 Å². The number of carbonyl (C=O) groups excluding carboxylic acids is 2. The van der Waals surface area contributed by atoms with Crippen molar-refractivity contribution in [1.29, 1.82) is 0 Å². The third-order valence-electron chi connectivity index (χ3n) is 6.85. The van der Waals surface area contributed by atoms with Gasteiger partial charge in [0.1, 0.15) is 0 Å². The van der Waals surface area contributed by atoms with Crippen molar-refractivity contribution >= 4 is 17.6 Å². The molecule has 2 rings (SSSR count). The van der Waals surface area contributed by atoms with E-state index in [2.05, 4.69) is 14.8 Å². The Morgan fingerprint density at radius 1 is 0.760 bits per heavy atom. The SMILES string of the molecule is CC1=C(C(=O)OCCCC(F)(F)C(F)(F)C(F)(F)C(F)(F)C(F)(F)C(F)(F)F)C(c2cccc([N+](=O)[O-])c2)C(C(=O)OCC(F)(F)F)=C(C)N1. The van der Waals surface area contributed by atoms with E-state index in [0.29, 0.717) is 0 Å². The number of non-ortho nitro benzene ring substituents is 1. The zero-order chi connectivity index (χ0) is 39.1. The molecule has 0 amide bonds. The fourth-order valence-electron chi connectivity index (χ4n) is 4.41. The molecule has 0 bridgehead atoms. The fourth-order valence-corrected chi connectivity index (χ4v) is 4.41. The molecule has 0 aliphatic carbocycles. The standard InChI is InChI=1S/C26H20F16N2O6/c1-11-15(17(13-5-3-6-14(9-13)44(47)48)16(12(2)43-11)19(46)50-10-21(29,30)31)18(45)49-8-4-7-20(27,28)22(32,33)23(34,35)24(36,37)25(38,39)26(40,41)42/h3,5-6,9,17,43H,4,7-8,10H2,1-2H3. The van der Waals surface area contributed by atoms with Gasteiger partial charge in [-0.05, 0) is 25.8 Å². The van der Waals surface area contributed by atoms with Gasteiger partial charge in [0.2, 0.25) is 0 Å². The lowest BCUT2D eigenvalue weighted by atomic mass is 9.80. The van der Waals surface area contributed by atoms with Gasteiger partial charge < -0.3 is 14.8 Å². The molecule has 0 fully saturated rings. The van der Waals surface area contributed by atoms with Crippen LogP contribution in [0, 0.1) is 10.1 Å². The van der Waals surface area contributed by atoms with Gasteiger partial charge in [-0.1, -0.05) is 12.1 Å². The van der Waals surface area contributed by atoms with Crippen LogP contribution in [-0.2, 0) is 19.1 Å². The van der Waals surface area contributed by atoms with Crippen LogP contribution in [0.3, 0.4) is 0 Å². The maximum atomic E-state index is 14.1. The number of benzene rings is 1. The molecule has 1 aromatic carbocycles. The minimum absolute atomic E-state index is 0.279. The second-order valence-electron chi connectivity index (χ2n) is 10.4. The normalized spacial score (nSPS) is 17.0. The Labute approximate surface area is 268 Å². The molecule has 1 aliphatic rings.